The highest BCUT2D eigenvalue weighted by atomic mass is 32.1. The van der Waals surface area contributed by atoms with E-state index in [1.165, 1.54) is 11.3 Å². The van der Waals surface area contributed by atoms with Crippen molar-refractivity contribution in [1.29, 1.82) is 0 Å². The first-order valence-corrected chi connectivity index (χ1v) is 6.72. The van der Waals surface area contributed by atoms with Gasteiger partial charge in [-0.1, -0.05) is 20.3 Å². The molecule has 17 heavy (non-hydrogen) atoms. The third-order valence-electron chi connectivity index (χ3n) is 2.49. The van der Waals surface area contributed by atoms with Crippen molar-refractivity contribution in [3.63, 3.8) is 0 Å². The van der Waals surface area contributed by atoms with E-state index < -0.39 is 0 Å². The lowest BCUT2D eigenvalue weighted by Crippen LogP contribution is -2.09. The van der Waals surface area contributed by atoms with E-state index in [9.17, 15) is 9.59 Å². The minimum Gasteiger partial charge on any atom is -0.462 e. The summed E-state index contributed by atoms with van der Waals surface area (Å²) in [6, 6.07) is 3.37. The van der Waals surface area contributed by atoms with E-state index in [1.807, 2.05) is 6.92 Å². The van der Waals surface area contributed by atoms with E-state index >= 15 is 0 Å². The van der Waals surface area contributed by atoms with Crippen molar-refractivity contribution in [3.05, 3.63) is 21.9 Å². The van der Waals surface area contributed by atoms with Crippen LogP contribution in [0.4, 0.5) is 0 Å². The molecule has 1 aromatic heterocycles. The molecule has 0 aromatic carbocycles. The number of hydrogen-bond acceptors (Lipinski definition) is 4. The van der Waals surface area contributed by atoms with Gasteiger partial charge in [-0.3, -0.25) is 4.79 Å². The fraction of sp³-hybridized carbons (Fsp3) is 0.538. The van der Waals surface area contributed by atoms with Gasteiger partial charge in [-0.15, -0.1) is 11.3 Å². The van der Waals surface area contributed by atoms with Gasteiger partial charge in [0, 0.05) is 5.92 Å². The summed E-state index contributed by atoms with van der Waals surface area (Å²) in [6.07, 6.45) is 1.87. The Morgan fingerprint density at radius 3 is 2.53 bits per heavy atom. The molecule has 0 bridgehead atoms. The van der Waals surface area contributed by atoms with Crippen LogP contribution < -0.4 is 0 Å². The van der Waals surface area contributed by atoms with Gasteiger partial charge in [0.1, 0.15) is 4.88 Å². The number of esters is 1. The zero-order valence-corrected chi connectivity index (χ0v) is 11.3. The van der Waals surface area contributed by atoms with E-state index in [0.29, 0.717) is 16.4 Å². The molecule has 0 aliphatic carbocycles. The van der Waals surface area contributed by atoms with Crippen molar-refractivity contribution in [1.82, 2.24) is 0 Å². The summed E-state index contributed by atoms with van der Waals surface area (Å²) >= 11 is 1.22. The lowest BCUT2D eigenvalue weighted by atomic mass is 10.0. The summed E-state index contributed by atoms with van der Waals surface area (Å²) in [5.74, 6) is -0.208. The number of ketones is 1. The van der Waals surface area contributed by atoms with Crippen molar-refractivity contribution >= 4 is 23.1 Å². The predicted octanol–water partition coefficient (Wildman–Crippen LogP) is 3.54. The first-order valence-electron chi connectivity index (χ1n) is 5.91. The summed E-state index contributed by atoms with van der Waals surface area (Å²) in [7, 11) is 0. The van der Waals surface area contributed by atoms with Crippen molar-refractivity contribution in [3.8, 4) is 0 Å². The minimum atomic E-state index is -0.348. The van der Waals surface area contributed by atoms with Crippen LogP contribution in [0, 0.1) is 5.92 Å². The van der Waals surface area contributed by atoms with Crippen LogP contribution >= 0.6 is 11.3 Å². The maximum atomic E-state index is 12.0. The molecule has 1 aromatic rings. The lowest BCUT2D eigenvalue weighted by Gasteiger charge is -2.06. The molecular formula is C13H18O3S. The molecule has 4 heteroatoms. The standard InChI is InChI=1S/C13H18O3S/c1-4-6-9(3)12(14)10-7-8-11(17-10)13(15)16-5-2/h7-9H,4-6H2,1-3H3. The summed E-state index contributed by atoms with van der Waals surface area (Å²) in [5.41, 5.74) is 0. The fourth-order valence-corrected chi connectivity index (χ4v) is 2.54. The second-order valence-corrected chi connectivity index (χ2v) is 5.02. The third-order valence-corrected chi connectivity index (χ3v) is 3.57. The highest BCUT2D eigenvalue weighted by Gasteiger charge is 2.18. The Hall–Kier alpha value is -1.16. The smallest absolute Gasteiger partial charge is 0.348 e. The Bertz CT molecular complexity index is 395. The first-order chi connectivity index (χ1) is 8.10. The number of Topliss-reactive ketones (excluding diaryl/α,β-unsaturated/α-hetero) is 1. The van der Waals surface area contributed by atoms with Gasteiger partial charge >= 0.3 is 5.97 Å². The minimum absolute atomic E-state index is 0.0219. The maximum absolute atomic E-state index is 12.0. The van der Waals surface area contributed by atoms with Gasteiger partial charge < -0.3 is 4.74 Å². The molecule has 1 heterocycles. The first kappa shape index (κ1) is 13.9. The van der Waals surface area contributed by atoms with Crippen LogP contribution in [0.15, 0.2) is 12.1 Å². The van der Waals surface area contributed by atoms with Gasteiger partial charge in [0.05, 0.1) is 11.5 Å². The second-order valence-electron chi connectivity index (χ2n) is 3.94. The van der Waals surface area contributed by atoms with E-state index in [4.69, 9.17) is 4.74 Å². The molecular weight excluding hydrogens is 236 g/mol. The van der Waals surface area contributed by atoms with Crippen LogP contribution in [-0.4, -0.2) is 18.4 Å². The number of carbonyl (C=O) groups excluding carboxylic acids is 2. The normalized spacial score (nSPS) is 12.2. The summed E-state index contributed by atoms with van der Waals surface area (Å²) in [6.45, 7) is 6.10. The zero-order chi connectivity index (χ0) is 12.8. The van der Waals surface area contributed by atoms with Crippen LogP contribution in [0.5, 0.6) is 0 Å². The van der Waals surface area contributed by atoms with Gasteiger partial charge in [-0.05, 0) is 25.5 Å². The molecule has 3 nitrogen and oxygen atoms in total. The molecule has 0 aliphatic rings. The van der Waals surface area contributed by atoms with Gasteiger partial charge in [0.2, 0.25) is 0 Å². The molecule has 0 radical (unpaired) electrons. The molecule has 0 amide bonds. The third kappa shape index (κ3) is 3.66. The Kier molecular flexibility index (Phi) is 5.35. The summed E-state index contributed by atoms with van der Waals surface area (Å²) < 4.78 is 4.89. The van der Waals surface area contributed by atoms with Crippen LogP contribution in [0.2, 0.25) is 0 Å². The largest absolute Gasteiger partial charge is 0.462 e. The fourth-order valence-electron chi connectivity index (χ4n) is 1.59. The molecule has 0 N–H and O–H groups in total. The number of carbonyl (C=O) groups is 2. The molecule has 1 atom stereocenters. The highest BCUT2D eigenvalue weighted by molar-refractivity contribution is 7.15. The number of rotatable bonds is 6. The summed E-state index contributed by atoms with van der Waals surface area (Å²) in [5, 5.41) is 0. The average molecular weight is 254 g/mol. The van der Waals surface area contributed by atoms with E-state index in [0.717, 1.165) is 12.8 Å². The second kappa shape index (κ2) is 6.55. The van der Waals surface area contributed by atoms with Gasteiger partial charge in [-0.2, -0.15) is 0 Å². The Morgan fingerprint density at radius 2 is 1.94 bits per heavy atom. The zero-order valence-electron chi connectivity index (χ0n) is 10.5. The monoisotopic (exact) mass is 254 g/mol. The number of ether oxygens (including phenoxy) is 1. The Morgan fingerprint density at radius 1 is 1.29 bits per heavy atom. The van der Waals surface area contributed by atoms with Crippen LogP contribution in [0.3, 0.4) is 0 Å². The van der Waals surface area contributed by atoms with Crippen molar-refractivity contribution in [2.45, 2.75) is 33.6 Å². The molecule has 1 unspecified atom stereocenters. The topological polar surface area (TPSA) is 43.4 Å². The molecule has 0 spiro atoms. The van der Waals surface area contributed by atoms with E-state index in [1.54, 1.807) is 19.1 Å². The van der Waals surface area contributed by atoms with Gasteiger partial charge in [0.15, 0.2) is 5.78 Å². The summed E-state index contributed by atoms with van der Waals surface area (Å²) in [4.78, 5) is 24.6. The van der Waals surface area contributed by atoms with Gasteiger partial charge in [0.25, 0.3) is 0 Å². The van der Waals surface area contributed by atoms with Crippen LogP contribution in [0.1, 0.15) is 53.0 Å². The van der Waals surface area contributed by atoms with Crippen molar-refractivity contribution in [2.24, 2.45) is 5.92 Å². The highest BCUT2D eigenvalue weighted by Crippen LogP contribution is 2.22. The molecule has 0 saturated heterocycles. The van der Waals surface area contributed by atoms with E-state index in [-0.39, 0.29) is 17.7 Å². The molecule has 94 valence electrons. The maximum Gasteiger partial charge on any atom is 0.348 e. The number of hydrogen-bond donors (Lipinski definition) is 0. The van der Waals surface area contributed by atoms with Crippen molar-refractivity contribution in [2.75, 3.05) is 6.61 Å². The van der Waals surface area contributed by atoms with E-state index in [2.05, 4.69) is 6.92 Å². The van der Waals surface area contributed by atoms with Crippen LogP contribution in [-0.2, 0) is 4.74 Å². The molecule has 0 aliphatic heterocycles. The quantitative estimate of drug-likeness (QED) is 0.576. The molecule has 0 fully saturated rings. The lowest BCUT2D eigenvalue weighted by molar-refractivity contribution is 0.0532. The molecule has 1 rings (SSSR count). The van der Waals surface area contributed by atoms with Crippen molar-refractivity contribution < 1.29 is 14.3 Å². The number of thiophene rings is 1. The average Bonchev–Trinajstić information content (AvgIpc) is 2.78. The Balaban J connectivity index is 2.74. The van der Waals surface area contributed by atoms with Crippen LogP contribution in [0.25, 0.3) is 0 Å². The SMILES string of the molecule is CCCC(C)C(=O)c1ccc(C(=O)OCC)s1. The van der Waals surface area contributed by atoms with Gasteiger partial charge in [-0.25, -0.2) is 4.79 Å². The Labute approximate surface area is 106 Å². The molecule has 0 saturated carbocycles. The predicted molar refractivity (Wildman–Crippen MR) is 68.7 cm³/mol.